The van der Waals surface area contributed by atoms with E-state index in [1.807, 2.05) is 12.4 Å². The summed E-state index contributed by atoms with van der Waals surface area (Å²) in [6.07, 6.45) is 11.6. The average molecular weight is 420 g/mol. The fourth-order valence-electron chi connectivity index (χ4n) is 4.50. The molecule has 5 rings (SSSR count). The maximum absolute atomic E-state index is 6.52. The Morgan fingerprint density at radius 1 is 1.00 bits per heavy atom. The molecule has 2 aliphatic rings. The van der Waals surface area contributed by atoms with Crippen LogP contribution in [0.2, 0.25) is 0 Å². The summed E-state index contributed by atoms with van der Waals surface area (Å²) < 4.78 is 12.0. The molecular formula is C24H29N5O2. The maximum Gasteiger partial charge on any atom is 0.149 e. The number of anilines is 2. The summed E-state index contributed by atoms with van der Waals surface area (Å²) in [4.78, 5) is 15.7. The average Bonchev–Trinajstić information content (AvgIpc) is 2.81. The number of morpholine rings is 1. The molecule has 0 unspecified atom stereocenters. The Kier molecular flexibility index (Phi) is 5.84. The summed E-state index contributed by atoms with van der Waals surface area (Å²) in [5.41, 5.74) is 5.13. The molecule has 1 aliphatic heterocycles. The standard InChI is InChI=1S/C24H29N5O2/c1-17-12-19(16-25-15-17)28-18-2-4-21(5-3-18)31-23-14-20(29-8-10-30-11-9-29)13-22-24(23)27-7-6-26-22/h6-7,12-16,18,21,28H,2-5,8-11H2,1H3. The third kappa shape index (κ3) is 4.71. The number of nitrogens with one attached hydrogen (secondary N) is 1. The molecule has 0 spiro atoms. The van der Waals surface area contributed by atoms with Crippen LogP contribution in [0.5, 0.6) is 5.75 Å². The van der Waals surface area contributed by atoms with Gasteiger partial charge in [0.05, 0.1) is 30.5 Å². The molecule has 31 heavy (non-hydrogen) atoms. The van der Waals surface area contributed by atoms with E-state index < -0.39 is 0 Å². The van der Waals surface area contributed by atoms with Crippen molar-refractivity contribution in [3.05, 3.63) is 48.5 Å². The summed E-state index contributed by atoms with van der Waals surface area (Å²) >= 11 is 0. The number of pyridine rings is 1. The van der Waals surface area contributed by atoms with Crippen molar-refractivity contribution in [2.24, 2.45) is 0 Å². The number of hydrogen-bond donors (Lipinski definition) is 1. The van der Waals surface area contributed by atoms with Crippen LogP contribution in [0.15, 0.2) is 43.0 Å². The lowest BCUT2D eigenvalue weighted by molar-refractivity contribution is 0.122. The van der Waals surface area contributed by atoms with Crippen molar-refractivity contribution in [1.82, 2.24) is 15.0 Å². The molecule has 0 radical (unpaired) electrons. The first-order valence-electron chi connectivity index (χ1n) is 11.2. The Morgan fingerprint density at radius 2 is 1.81 bits per heavy atom. The molecule has 2 fully saturated rings. The van der Waals surface area contributed by atoms with Gasteiger partial charge < -0.3 is 19.7 Å². The molecule has 1 aromatic carbocycles. The second kappa shape index (κ2) is 9.06. The van der Waals surface area contributed by atoms with Crippen LogP contribution in [0.4, 0.5) is 11.4 Å². The van der Waals surface area contributed by atoms with Crippen LogP contribution in [0.1, 0.15) is 31.2 Å². The van der Waals surface area contributed by atoms with Gasteiger partial charge >= 0.3 is 0 Å². The number of hydrogen-bond acceptors (Lipinski definition) is 7. The van der Waals surface area contributed by atoms with Crippen LogP contribution in [-0.4, -0.2) is 53.4 Å². The van der Waals surface area contributed by atoms with Crippen molar-refractivity contribution < 1.29 is 9.47 Å². The zero-order valence-corrected chi connectivity index (χ0v) is 18.0. The van der Waals surface area contributed by atoms with Gasteiger partial charge in [0.25, 0.3) is 0 Å². The minimum Gasteiger partial charge on any atom is -0.488 e. The molecule has 1 saturated carbocycles. The molecule has 162 valence electrons. The fraction of sp³-hybridized carbons (Fsp3) is 0.458. The van der Waals surface area contributed by atoms with Crippen molar-refractivity contribution in [2.45, 2.75) is 44.8 Å². The van der Waals surface area contributed by atoms with E-state index in [0.717, 1.165) is 80.1 Å². The van der Waals surface area contributed by atoms with E-state index in [1.165, 1.54) is 5.56 Å². The van der Waals surface area contributed by atoms with Gasteiger partial charge in [0.2, 0.25) is 0 Å². The second-order valence-corrected chi connectivity index (χ2v) is 8.45. The van der Waals surface area contributed by atoms with Crippen molar-refractivity contribution >= 4 is 22.4 Å². The van der Waals surface area contributed by atoms with Crippen molar-refractivity contribution in [3.63, 3.8) is 0 Å². The molecule has 0 bridgehead atoms. The Labute approximate surface area is 182 Å². The molecule has 0 amide bonds. The van der Waals surface area contributed by atoms with Crippen LogP contribution in [0.25, 0.3) is 11.0 Å². The molecule has 7 heteroatoms. The smallest absolute Gasteiger partial charge is 0.149 e. The monoisotopic (exact) mass is 419 g/mol. The van der Waals surface area contributed by atoms with Crippen molar-refractivity contribution in [2.75, 3.05) is 36.5 Å². The molecule has 7 nitrogen and oxygen atoms in total. The van der Waals surface area contributed by atoms with Crippen LogP contribution in [0.3, 0.4) is 0 Å². The number of ether oxygens (including phenoxy) is 2. The lowest BCUT2D eigenvalue weighted by Crippen LogP contribution is -2.36. The van der Waals surface area contributed by atoms with Gasteiger partial charge in [0, 0.05) is 55.7 Å². The number of benzene rings is 1. The summed E-state index contributed by atoms with van der Waals surface area (Å²) in [5.74, 6) is 0.839. The number of fused-ring (bicyclic) bond motifs is 1. The zero-order valence-electron chi connectivity index (χ0n) is 18.0. The molecule has 3 heterocycles. The third-order valence-corrected chi connectivity index (χ3v) is 6.11. The minimum absolute atomic E-state index is 0.193. The Hall–Kier alpha value is -2.93. The number of nitrogens with zero attached hydrogens (tertiary/aromatic N) is 4. The van der Waals surface area contributed by atoms with E-state index in [2.05, 4.69) is 50.3 Å². The highest BCUT2D eigenvalue weighted by molar-refractivity contribution is 5.85. The van der Waals surface area contributed by atoms with Gasteiger partial charge in [-0.3, -0.25) is 9.97 Å². The van der Waals surface area contributed by atoms with Gasteiger partial charge in [0.1, 0.15) is 11.3 Å². The largest absolute Gasteiger partial charge is 0.488 e. The lowest BCUT2D eigenvalue weighted by atomic mass is 9.92. The Balaban J connectivity index is 1.28. The first kappa shape index (κ1) is 20.0. The van der Waals surface area contributed by atoms with Gasteiger partial charge in [-0.05, 0) is 50.3 Å². The Morgan fingerprint density at radius 3 is 2.61 bits per heavy atom. The van der Waals surface area contributed by atoms with E-state index in [4.69, 9.17) is 9.47 Å². The lowest BCUT2D eigenvalue weighted by Gasteiger charge is -2.31. The molecule has 0 atom stereocenters. The third-order valence-electron chi connectivity index (χ3n) is 6.11. The van der Waals surface area contributed by atoms with E-state index in [1.54, 1.807) is 12.4 Å². The predicted octanol–water partition coefficient (Wildman–Crippen LogP) is 3.97. The first-order chi connectivity index (χ1) is 15.2. The van der Waals surface area contributed by atoms with E-state index >= 15 is 0 Å². The summed E-state index contributed by atoms with van der Waals surface area (Å²) in [6.45, 7) is 5.34. The number of aromatic nitrogens is 3. The fourth-order valence-corrected chi connectivity index (χ4v) is 4.50. The second-order valence-electron chi connectivity index (χ2n) is 8.45. The van der Waals surface area contributed by atoms with Crippen molar-refractivity contribution in [1.29, 1.82) is 0 Å². The van der Waals surface area contributed by atoms with Crippen LogP contribution < -0.4 is 15.0 Å². The molecule has 1 N–H and O–H groups in total. The number of aryl methyl sites for hydroxylation is 1. The summed E-state index contributed by atoms with van der Waals surface area (Å²) in [5, 5.41) is 3.63. The normalized spacial score (nSPS) is 21.8. The Bertz CT molecular complexity index is 1030. The van der Waals surface area contributed by atoms with Gasteiger partial charge in [-0.2, -0.15) is 0 Å². The van der Waals surface area contributed by atoms with E-state index in [-0.39, 0.29) is 6.10 Å². The quantitative estimate of drug-likeness (QED) is 0.671. The van der Waals surface area contributed by atoms with Gasteiger partial charge in [-0.15, -0.1) is 0 Å². The molecule has 2 aromatic heterocycles. The van der Waals surface area contributed by atoms with Crippen LogP contribution in [-0.2, 0) is 4.74 Å². The molecular weight excluding hydrogens is 390 g/mol. The topological polar surface area (TPSA) is 72.4 Å². The van der Waals surface area contributed by atoms with E-state index in [0.29, 0.717) is 6.04 Å². The highest BCUT2D eigenvalue weighted by Crippen LogP contribution is 2.33. The highest BCUT2D eigenvalue weighted by Gasteiger charge is 2.24. The van der Waals surface area contributed by atoms with Gasteiger partial charge in [0.15, 0.2) is 0 Å². The summed E-state index contributed by atoms with van der Waals surface area (Å²) in [7, 11) is 0. The minimum atomic E-state index is 0.193. The highest BCUT2D eigenvalue weighted by atomic mass is 16.5. The van der Waals surface area contributed by atoms with Crippen molar-refractivity contribution in [3.8, 4) is 5.75 Å². The van der Waals surface area contributed by atoms with Crippen LogP contribution in [0, 0.1) is 6.92 Å². The molecule has 3 aromatic rings. The zero-order chi connectivity index (χ0) is 21.0. The maximum atomic E-state index is 6.52. The first-order valence-corrected chi connectivity index (χ1v) is 11.2. The SMILES string of the molecule is Cc1cncc(NC2CCC(Oc3cc(N4CCOCC4)cc4nccnc34)CC2)c1. The van der Waals surface area contributed by atoms with Gasteiger partial charge in [-0.1, -0.05) is 0 Å². The van der Waals surface area contributed by atoms with Crippen LogP contribution >= 0.6 is 0 Å². The number of rotatable bonds is 5. The summed E-state index contributed by atoms with van der Waals surface area (Å²) in [6, 6.07) is 6.85. The van der Waals surface area contributed by atoms with Gasteiger partial charge in [-0.25, -0.2) is 4.98 Å². The molecule has 1 aliphatic carbocycles. The predicted molar refractivity (Wildman–Crippen MR) is 122 cm³/mol. The molecule has 1 saturated heterocycles. The van der Waals surface area contributed by atoms with E-state index in [9.17, 15) is 0 Å².